The van der Waals surface area contributed by atoms with Crippen LogP contribution in [-0.4, -0.2) is 26.1 Å². The fourth-order valence-electron chi connectivity index (χ4n) is 2.24. The van der Waals surface area contributed by atoms with Crippen LogP contribution in [0.15, 0.2) is 30.3 Å². The molecule has 0 aliphatic carbocycles. The maximum Gasteiger partial charge on any atom is 0.231 e. The lowest BCUT2D eigenvalue weighted by Crippen LogP contribution is -1.93. The van der Waals surface area contributed by atoms with E-state index >= 15 is 0 Å². The van der Waals surface area contributed by atoms with Crippen molar-refractivity contribution < 1.29 is 24.1 Å². The third-order valence-electron chi connectivity index (χ3n) is 3.35. The molecule has 2 aromatic carbocycles. The van der Waals surface area contributed by atoms with Gasteiger partial charge in [-0.3, -0.25) is 0 Å². The first-order chi connectivity index (χ1) is 10.7. The molecule has 1 heterocycles. The minimum absolute atomic E-state index is 0.115. The molecule has 0 fully saturated rings. The predicted molar refractivity (Wildman–Crippen MR) is 82.7 cm³/mol. The first-order valence-electron chi connectivity index (χ1n) is 6.74. The van der Waals surface area contributed by atoms with Crippen molar-refractivity contribution in [1.82, 2.24) is 0 Å². The van der Waals surface area contributed by atoms with Gasteiger partial charge in [0.15, 0.2) is 23.0 Å². The van der Waals surface area contributed by atoms with Gasteiger partial charge in [0.2, 0.25) is 12.5 Å². The third kappa shape index (κ3) is 2.65. The molecule has 0 atom stereocenters. The number of phenolic OH excluding ortho intramolecular Hbond substituents is 1. The number of hydrogen-bond acceptors (Lipinski definition) is 5. The molecular weight excluding hydrogens is 284 g/mol. The summed E-state index contributed by atoms with van der Waals surface area (Å²) in [7, 11) is 3.11. The molecule has 1 aliphatic rings. The molecule has 0 bridgehead atoms. The van der Waals surface area contributed by atoms with Crippen LogP contribution in [0.2, 0.25) is 0 Å². The largest absolute Gasteiger partial charge is 0.504 e. The van der Waals surface area contributed by atoms with E-state index in [4.69, 9.17) is 18.9 Å². The Balaban J connectivity index is 1.90. The summed E-state index contributed by atoms with van der Waals surface area (Å²) in [6.45, 7) is 0.202. The molecule has 1 aliphatic heterocycles. The van der Waals surface area contributed by atoms with Gasteiger partial charge in [0.1, 0.15) is 0 Å². The highest BCUT2D eigenvalue weighted by atomic mass is 16.7. The van der Waals surface area contributed by atoms with Crippen molar-refractivity contribution in [2.24, 2.45) is 0 Å². The predicted octanol–water partition coefficient (Wildman–Crippen LogP) is 3.31. The van der Waals surface area contributed by atoms with Crippen LogP contribution in [0.1, 0.15) is 11.1 Å². The van der Waals surface area contributed by atoms with Gasteiger partial charge < -0.3 is 24.1 Å². The molecule has 5 heteroatoms. The number of benzene rings is 2. The first-order valence-corrected chi connectivity index (χ1v) is 6.74. The molecule has 0 saturated heterocycles. The monoisotopic (exact) mass is 300 g/mol. The van der Waals surface area contributed by atoms with Crippen LogP contribution in [0.3, 0.4) is 0 Å². The van der Waals surface area contributed by atoms with E-state index in [1.165, 1.54) is 7.11 Å². The average molecular weight is 300 g/mol. The molecule has 1 N–H and O–H groups in total. The molecule has 0 aromatic heterocycles. The van der Waals surface area contributed by atoms with Gasteiger partial charge in [-0.15, -0.1) is 0 Å². The fraction of sp³-hybridized carbons (Fsp3) is 0.176. The standard InChI is InChI=1S/C17H16O5/c1-19-14-7-11(5-6-13(14)18)3-4-12-8-15(20-2)17-16(9-12)21-10-22-17/h3-9,18H,10H2,1-2H3. The molecule has 5 nitrogen and oxygen atoms in total. The van der Waals surface area contributed by atoms with Gasteiger partial charge in [-0.1, -0.05) is 18.2 Å². The van der Waals surface area contributed by atoms with Crippen molar-refractivity contribution in [1.29, 1.82) is 0 Å². The van der Waals surface area contributed by atoms with E-state index in [0.29, 0.717) is 23.0 Å². The lowest BCUT2D eigenvalue weighted by molar-refractivity contribution is 0.171. The van der Waals surface area contributed by atoms with E-state index in [0.717, 1.165) is 11.1 Å². The van der Waals surface area contributed by atoms with Crippen molar-refractivity contribution in [3.05, 3.63) is 41.5 Å². The zero-order chi connectivity index (χ0) is 15.5. The minimum atomic E-state index is 0.115. The van der Waals surface area contributed by atoms with Crippen molar-refractivity contribution in [3.63, 3.8) is 0 Å². The summed E-state index contributed by atoms with van der Waals surface area (Å²) in [5, 5.41) is 9.60. The molecule has 0 amide bonds. The second-order valence-electron chi connectivity index (χ2n) is 4.72. The van der Waals surface area contributed by atoms with Crippen LogP contribution < -0.4 is 18.9 Å². The van der Waals surface area contributed by atoms with Crippen molar-refractivity contribution in [2.75, 3.05) is 21.0 Å². The quantitative estimate of drug-likeness (QED) is 0.878. The van der Waals surface area contributed by atoms with Gasteiger partial charge in [-0.05, 0) is 35.4 Å². The van der Waals surface area contributed by atoms with E-state index in [9.17, 15) is 5.11 Å². The molecule has 0 saturated carbocycles. The number of fused-ring (bicyclic) bond motifs is 1. The van der Waals surface area contributed by atoms with Crippen molar-refractivity contribution in [3.8, 4) is 28.7 Å². The Morgan fingerprint density at radius 1 is 0.955 bits per heavy atom. The molecule has 114 valence electrons. The van der Waals surface area contributed by atoms with E-state index in [-0.39, 0.29) is 12.5 Å². The molecule has 0 spiro atoms. The Morgan fingerprint density at radius 3 is 2.45 bits per heavy atom. The molecular formula is C17H16O5. The van der Waals surface area contributed by atoms with E-state index in [1.807, 2.05) is 24.3 Å². The maximum atomic E-state index is 9.60. The van der Waals surface area contributed by atoms with Crippen LogP contribution in [0.25, 0.3) is 12.2 Å². The highest BCUT2D eigenvalue weighted by molar-refractivity contribution is 5.73. The van der Waals surface area contributed by atoms with E-state index < -0.39 is 0 Å². The Bertz CT molecular complexity index is 721. The number of aromatic hydroxyl groups is 1. The minimum Gasteiger partial charge on any atom is -0.504 e. The summed E-state index contributed by atoms with van der Waals surface area (Å²) in [4.78, 5) is 0. The highest BCUT2D eigenvalue weighted by Crippen LogP contribution is 2.42. The summed E-state index contributed by atoms with van der Waals surface area (Å²) in [5.41, 5.74) is 1.83. The number of methoxy groups -OCH3 is 2. The summed E-state index contributed by atoms with van der Waals surface area (Å²) in [6.07, 6.45) is 3.84. The lowest BCUT2D eigenvalue weighted by atomic mass is 10.1. The maximum absolute atomic E-state index is 9.60. The number of phenols is 1. The third-order valence-corrected chi connectivity index (χ3v) is 3.35. The van der Waals surface area contributed by atoms with Crippen LogP contribution >= 0.6 is 0 Å². The zero-order valence-corrected chi connectivity index (χ0v) is 12.3. The van der Waals surface area contributed by atoms with Crippen molar-refractivity contribution >= 4 is 12.2 Å². The highest BCUT2D eigenvalue weighted by Gasteiger charge is 2.19. The van der Waals surface area contributed by atoms with Crippen molar-refractivity contribution in [2.45, 2.75) is 0 Å². The van der Waals surface area contributed by atoms with Gasteiger partial charge in [0.05, 0.1) is 14.2 Å². The molecule has 3 rings (SSSR count). The van der Waals surface area contributed by atoms with Crippen LogP contribution in [0, 0.1) is 0 Å². The molecule has 22 heavy (non-hydrogen) atoms. The van der Waals surface area contributed by atoms with E-state index in [2.05, 4.69) is 0 Å². The van der Waals surface area contributed by atoms with Gasteiger partial charge in [0.25, 0.3) is 0 Å². The number of ether oxygens (including phenoxy) is 4. The van der Waals surface area contributed by atoms with E-state index in [1.54, 1.807) is 25.3 Å². The summed E-state index contributed by atoms with van der Waals surface area (Å²) in [5.74, 6) is 2.49. The first kappa shape index (κ1) is 14.1. The Morgan fingerprint density at radius 2 is 1.68 bits per heavy atom. The zero-order valence-electron chi connectivity index (χ0n) is 12.3. The van der Waals surface area contributed by atoms with Crippen LogP contribution in [0.4, 0.5) is 0 Å². The van der Waals surface area contributed by atoms with Gasteiger partial charge in [-0.25, -0.2) is 0 Å². The number of rotatable bonds is 4. The van der Waals surface area contributed by atoms with Crippen LogP contribution in [-0.2, 0) is 0 Å². The van der Waals surface area contributed by atoms with Gasteiger partial charge >= 0.3 is 0 Å². The summed E-state index contributed by atoms with van der Waals surface area (Å²) < 4.78 is 21.2. The summed E-state index contributed by atoms with van der Waals surface area (Å²) in [6, 6.07) is 8.92. The number of hydrogen-bond donors (Lipinski definition) is 1. The Labute approximate surface area is 128 Å². The van der Waals surface area contributed by atoms with Gasteiger partial charge in [0, 0.05) is 0 Å². The molecule has 2 aromatic rings. The lowest BCUT2D eigenvalue weighted by Gasteiger charge is -2.06. The normalized spacial score (nSPS) is 12.6. The SMILES string of the molecule is COc1cc(C=Cc2cc(OC)c3c(c2)OCO3)ccc1O. The molecule has 0 radical (unpaired) electrons. The Hall–Kier alpha value is -2.82. The smallest absolute Gasteiger partial charge is 0.231 e. The Kier molecular flexibility index (Phi) is 3.78. The summed E-state index contributed by atoms with van der Waals surface area (Å²) >= 11 is 0. The second kappa shape index (κ2) is 5.89. The van der Waals surface area contributed by atoms with Gasteiger partial charge in [-0.2, -0.15) is 0 Å². The molecule has 0 unspecified atom stereocenters. The fourth-order valence-corrected chi connectivity index (χ4v) is 2.24. The topological polar surface area (TPSA) is 57.2 Å². The average Bonchev–Trinajstić information content (AvgIpc) is 3.01. The van der Waals surface area contributed by atoms with Crippen LogP contribution in [0.5, 0.6) is 28.7 Å². The second-order valence-corrected chi connectivity index (χ2v) is 4.72.